The molecule has 0 radical (unpaired) electrons. The summed E-state index contributed by atoms with van der Waals surface area (Å²) in [6.45, 7) is 2.23. The Morgan fingerprint density at radius 2 is 2.05 bits per heavy atom. The fraction of sp³-hybridized carbons (Fsp3) is 0.417. The molecule has 1 aromatic heterocycles. The molecule has 0 bridgehead atoms. The van der Waals surface area contributed by atoms with Gasteiger partial charge in [0.05, 0.1) is 18.4 Å². The van der Waals surface area contributed by atoms with Crippen LogP contribution >= 0.6 is 0 Å². The van der Waals surface area contributed by atoms with Gasteiger partial charge in [0.15, 0.2) is 0 Å². The number of rotatable bonds is 3. The van der Waals surface area contributed by atoms with Crippen LogP contribution in [0, 0.1) is 0 Å². The molecule has 1 aliphatic rings. The van der Waals surface area contributed by atoms with Crippen molar-refractivity contribution in [2.24, 2.45) is 0 Å². The highest BCUT2D eigenvalue weighted by Crippen LogP contribution is 2.07. The van der Waals surface area contributed by atoms with Crippen molar-refractivity contribution in [3.63, 3.8) is 0 Å². The lowest BCUT2D eigenvalue weighted by atomic mass is 10.3. The summed E-state index contributed by atoms with van der Waals surface area (Å²) in [6.07, 6.45) is 3.22. The average molecular weight is 264 g/mol. The Labute approximate surface area is 110 Å². The van der Waals surface area contributed by atoms with Gasteiger partial charge in [0.2, 0.25) is 0 Å². The first-order valence-corrected chi connectivity index (χ1v) is 6.05. The number of hydrogen-bond acceptors (Lipinski definition) is 4. The van der Waals surface area contributed by atoms with E-state index in [0.29, 0.717) is 31.9 Å². The highest BCUT2D eigenvalue weighted by molar-refractivity contribution is 5.89. The van der Waals surface area contributed by atoms with Crippen molar-refractivity contribution in [1.82, 2.24) is 14.8 Å². The van der Waals surface area contributed by atoms with Crippen molar-refractivity contribution in [3.8, 4) is 0 Å². The largest absolute Gasteiger partial charge is 0.480 e. The number of nitrogens with one attached hydrogen (secondary N) is 1. The molecule has 0 unspecified atom stereocenters. The van der Waals surface area contributed by atoms with Crippen LogP contribution in [-0.2, 0) is 4.79 Å². The first kappa shape index (κ1) is 13.3. The summed E-state index contributed by atoms with van der Waals surface area (Å²) in [5, 5.41) is 11.5. The number of carbonyl (C=O) groups excluding carboxylic acids is 1. The standard InChI is InChI=1S/C12H16N4O3/c17-11(18)9-15-4-6-16(7-5-15)12(19)14-10-2-1-3-13-8-10/h1-3,8H,4-7,9H2,(H,14,19)(H,17,18). The zero-order valence-electron chi connectivity index (χ0n) is 10.5. The molecule has 7 nitrogen and oxygen atoms in total. The molecule has 19 heavy (non-hydrogen) atoms. The van der Waals surface area contributed by atoms with Crippen LogP contribution in [0.3, 0.4) is 0 Å². The molecule has 102 valence electrons. The van der Waals surface area contributed by atoms with E-state index < -0.39 is 5.97 Å². The van der Waals surface area contributed by atoms with Crippen molar-refractivity contribution in [2.45, 2.75) is 0 Å². The molecule has 0 aromatic carbocycles. The van der Waals surface area contributed by atoms with E-state index in [1.165, 1.54) is 0 Å². The minimum absolute atomic E-state index is 0.0259. The molecular formula is C12H16N4O3. The Balaban J connectivity index is 1.81. The molecule has 0 atom stereocenters. The molecule has 1 fully saturated rings. The summed E-state index contributed by atoms with van der Waals surface area (Å²) in [4.78, 5) is 29.9. The summed E-state index contributed by atoms with van der Waals surface area (Å²) in [7, 11) is 0. The van der Waals surface area contributed by atoms with Crippen molar-refractivity contribution in [1.29, 1.82) is 0 Å². The Morgan fingerprint density at radius 1 is 1.32 bits per heavy atom. The minimum Gasteiger partial charge on any atom is -0.480 e. The summed E-state index contributed by atoms with van der Waals surface area (Å²) in [5.74, 6) is -0.840. The third kappa shape index (κ3) is 3.92. The molecule has 2 rings (SSSR count). The summed E-state index contributed by atoms with van der Waals surface area (Å²) in [5.41, 5.74) is 0.653. The lowest BCUT2D eigenvalue weighted by Gasteiger charge is -2.33. The van der Waals surface area contributed by atoms with E-state index >= 15 is 0 Å². The fourth-order valence-corrected chi connectivity index (χ4v) is 1.94. The van der Waals surface area contributed by atoms with Crippen molar-refractivity contribution < 1.29 is 14.7 Å². The van der Waals surface area contributed by atoms with Crippen LogP contribution < -0.4 is 5.32 Å². The van der Waals surface area contributed by atoms with Gasteiger partial charge in [0, 0.05) is 32.4 Å². The predicted molar refractivity (Wildman–Crippen MR) is 68.9 cm³/mol. The Hall–Kier alpha value is -2.15. The number of carboxylic acid groups (broad SMARTS) is 1. The molecule has 0 spiro atoms. The molecule has 1 aromatic rings. The number of aliphatic carboxylic acids is 1. The van der Waals surface area contributed by atoms with Gasteiger partial charge in [0.1, 0.15) is 0 Å². The predicted octanol–water partition coefficient (Wildman–Crippen LogP) is 0.316. The lowest BCUT2D eigenvalue weighted by Crippen LogP contribution is -2.51. The van der Waals surface area contributed by atoms with Gasteiger partial charge >= 0.3 is 12.0 Å². The van der Waals surface area contributed by atoms with Gasteiger partial charge in [-0.1, -0.05) is 0 Å². The zero-order chi connectivity index (χ0) is 13.7. The molecular weight excluding hydrogens is 248 g/mol. The third-order valence-corrected chi connectivity index (χ3v) is 2.93. The van der Waals surface area contributed by atoms with Gasteiger partial charge in [-0.25, -0.2) is 4.79 Å². The monoisotopic (exact) mass is 264 g/mol. The highest BCUT2D eigenvalue weighted by atomic mass is 16.4. The van der Waals surface area contributed by atoms with Crippen LogP contribution in [0.1, 0.15) is 0 Å². The maximum Gasteiger partial charge on any atom is 0.321 e. The number of anilines is 1. The maximum absolute atomic E-state index is 11.9. The lowest BCUT2D eigenvalue weighted by molar-refractivity contribution is -0.138. The summed E-state index contributed by atoms with van der Waals surface area (Å²) < 4.78 is 0. The summed E-state index contributed by atoms with van der Waals surface area (Å²) in [6, 6.07) is 3.34. The molecule has 1 aliphatic heterocycles. The molecule has 2 heterocycles. The first-order chi connectivity index (χ1) is 9.15. The van der Waals surface area contributed by atoms with Crippen LogP contribution in [0.5, 0.6) is 0 Å². The number of pyridine rings is 1. The van der Waals surface area contributed by atoms with Crippen LogP contribution in [0.4, 0.5) is 10.5 Å². The summed E-state index contributed by atoms with van der Waals surface area (Å²) >= 11 is 0. The minimum atomic E-state index is -0.840. The van der Waals surface area contributed by atoms with E-state index in [1.54, 1.807) is 29.4 Å². The number of carboxylic acids is 1. The van der Waals surface area contributed by atoms with E-state index in [-0.39, 0.29) is 12.6 Å². The second kappa shape index (κ2) is 6.14. The Morgan fingerprint density at radius 3 is 2.63 bits per heavy atom. The van der Waals surface area contributed by atoms with Crippen LogP contribution in [0.2, 0.25) is 0 Å². The van der Waals surface area contributed by atoms with Crippen LogP contribution in [0.25, 0.3) is 0 Å². The Kier molecular flexibility index (Phi) is 4.30. The molecule has 0 aliphatic carbocycles. The molecule has 2 amide bonds. The number of hydrogen-bond donors (Lipinski definition) is 2. The fourth-order valence-electron chi connectivity index (χ4n) is 1.94. The SMILES string of the molecule is O=C(O)CN1CCN(C(=O)Nc2cccnc2)CC1. The van der Waals surface area contributed by atoms with Gasteiger partial charge < -0.3 is 15.3 Å². The van der Waals surface area contributed by atoms with Crippen LogP contribution in [0.15, 0.2) is 24.5 Å². The van der Waals surface area contributed by atoms with Crippen molar-refractivity contribution in [3.05, 3.63) is 24.5 Å². The van der Waals surface area contributed by atoms with Gasteiger partial charge in [-0.3, -0.25) is 14.7 Å². The zero-order valence-corrected chi connectivity index (χ0v) is 10.5. The second-order valence-electron chi connectivity index (χ2n) is 4.33. The number of amides is 2. The number of urea groups is 1. The second-order valence-corrected chi connectivity index (χ2v) is 4.33. The van der Waals surface area contributed by atoms with E-state index in [0.717, 1.165) is 0 Å². The quantitative estimate of drug-likeness (QED) is 0.821. The van der Waals surface area contributed by atoms with Gasteiger partial charge in [-0.2, -0.15) is 0 Å². The van der Waals surface area contributed by atoms with E-state index in [9.17, 15) is 9.59 Å². The van der Waals surface area contributed by atoms with Gasteiger partial charge in [-0.05, 0) is 12.1 Å². The topological polar surface area (TPSA) is 85.8 Å². The maximum atomic E-state index is 11.9. The van der Waals surface area contributed by atoms with E-state index in [2.05, 4.69) is 10.3 Å². The number of aromatic nitrogens is 1. The third-order valence-electron chi connectivity index (χ3n) is 2.93. The van der Waals surface area contributed by atoms with Crippen molar-refractivity contribution in [2.75, 3.05) is 38.0 Å². The number of piperazine rings is 1. The molecule has 0 saturated carbocycles. The van der Waals surface area contributed by atoms with Crippen LogP contribution in [-0.4, -0.2) is 64.6 Å². The molecule has 7 heteroatoms. The number of carbonyl (C=O) groups is 2. The van der Waals surface area contributed by atoms with Gasteiger partial charge in [-0.15, -0.1) is 0 Å². The number of nitrogens with zero attached hydrogens (tertiary/aromatic N) is 3. The molecule has 2 N–H and O–H groups in total. The molecule has 1 saturated heterocycles. The average Bonchev–Trinajstić information content (AvgIpc) is 2.40. The smallest absolute Gasteiger partial charge is 0.321 e. The van der Waals surface area contributed by atoms with Crippen molar-refractivity contribution >= 4 is 17.7 Å². The first-order valence-electron chi connectivity index (χ1n) is 6.05. The Bertz CT molecular complexity index is 444. The van der Waals surface area contributed by atoms with E-state index in [4.69, 9.17) is 5.11 Å². The highest BCUT2D eigenvalue weighted by Gasteiger charge is 2.22. The normalized spacial score (nSPS) is 16.1. The van der Waals surface area contributed by atoms with Gasteiger partial charge in [0.25, 0.3) is 0 Å². The van der Waals surface area contributed by atoms with E-state index in [1.807, 2.05) is 4.90 Å².